The Kier molecular flexibility index (Phi) is 4.60. The van der Waals surface area contributed by atoms with Crippen LogP contribution in [0.4, 0.5) is 10.3 Å². The molecule has 7 nitrogen and oxygen atoms in total. The Morgan fingerprint density at radius 1 is 1.36 bits per heavy atom. The summed E-state index contributed by atoms with van der Waals surface area (Å²) in [6.07, 6.45) is 0.612. The van der Waals surface area contributed by atoms with E-state index in [2.05, 4.69) is 25.6 Å². The number of nitrogens with zero attached hydrogens (tertiary/aromatic N) is 4. The van der Waals surface area contributed by atoms with Crippen LogP contribution in [0, 0.1) is 19.7 Å². The monoisotopic (exact) mass is 342 g/mol. The summed E-state index contributed by atoms with van der Waals surface area (Å²) in [4.78, 5) is 16.4. The highest BCUT2D eigenvalue weighted by Crippen LogP contribution is 2.14. The molecule has 3 aromatic rings. The minimum atomic E-state index is -0.298. The van der Waals surface area contributed by atoms with Crippen LogP contribution in [0.5, 0.6) is 0 Å². The van der Waals surface area contributed by atoms with E-state index in [1.54, 1.807) is 16.8 Å². The third kappa shape index (κ3) is 3.90. The van der Waals surface area contributed by atoms with Gasteiger partial charge in [-0.2, -0.15) is 10.1 Å². The lowest BCUT2D eigenvalue weighted by Gasteiger charge is -2.02. The molecule has 0 radical (unpaired) electrons. The molecule has 1 aromatic carbocycles. The number of carbonyl (C=O) groups excluding carboxylic acids is 1. The van der Waals surface area contributed by atoms with Gasteiger partial charge in [-0.15, -0.1) is 5.10 Å². The summed E-state index contributed by atoms with van der Waals surface area (Å²) in [6.45, 7) is 3.80. The van der Waals surface area contributed by atoms with Crippen molar-refractivity contribution in [1.82, 2.24) is 25.0 Å². The van der Waals surface area contributed by atoms with E-state index in [9.17, 15) is 9.18 Å². The van der Waals surface area contributed by atoms with Crippen molar-refractivity contribution in [3.63, 3.8) is 0 Å². The molecule has 0 spiro atoms. The van der Waals surface area contributed by atoms with Crippen LogP contribution in [0.25, 0.3) is 0 Å². The molecule has 2 N–H and O–H groups in total. The Balaban J connectivity index is 1.64. The number of anilines is 1. The lowest BCUT2D eigenvalue weighted by Crippen LogP contribution is -2.16. The van der Waals surface area contributed by atoms with Crippen LogP contribution in [0.1, 0.15) is 28.3 Å². The number of aryl methyl sites for hydroxylation is 2. The Hall–Kier alpha value is -3.03. The first kappa shape index (κ1) is 16.8. The van der Waals surface area contributed by atoms with Crippen LogP contribution in [0.2, 0.25) is 0 Å². The van der Waals surface area contributed by atoms with Gasteiger partial charge < -0.3 is 0 Å². The van der Waals surface area contributed by atoms with E-state index < -0.39 is 0 Å². The molecule has 0 saturated carbocycles. The molecule has 0 aliphatic rings. The molecule has 0 aliphatic carbocycles. The Labute approximate surface area is 144 Å². The molecule has 2 heterocycles. The quantitative estimate of drug-likeness (QED) is 0.743. The molecule has 0 unspecified atom stereocenters. The maximum Gasteiger partial charge on any atom is 0.248 e. The smallest absolute Gasteiger partial charge is 0.248 e. The zero-order chi connectivity index (χ0) is 18.0. The number of halogens is 1. The number of amides is 1. The summed E-state index contributed by atoms with van der Waals surface area (Å²) < 4.78 is 15.0. The van der Waals surface area contributed by atoms with Crippen molar-refractivity contribution in [3.05, 3.63) is 58.4 Å². The topological polar surface area (TPSA) is 88.5 Å². The van der Waals surface area contributed by atoms with Gasteiger partial charge in [-0.1, -0.05) is 12.1 Å². The molecule has 0 aliphatic heterocycles. The zero-order valence-electron chi connectivity index (χ0n) is 14.3. The number of hydrogen-bond acceptors (Lipinski definition) is 4. The number of aromatic amines is 1. The van der Waals surface area contributed by atoms with Crippen molar-refractivity contribution in [2.45, 2.75) is 26.7 Å². The number of nitrogens with one attached hydrogen (secondary N) is 2. The summed E-state index contributed by atoms with van der Waals surface area (Å²) in [5, 5.41) is 13.7. The maximum atomic E-state index is 13.2. The minimum Gasteiger partial charge on any atom is -0.293 e. The summed E-state index contributed by atoms with van der Waals surface area (Å²) in [5.41, 5.74) is 3.46. The van der Waals surface area contributed by atoms with Gasteiger partial charge in [-0.25, -0.2) is 4.39 Å². The van der Waals surface area contributed by atoms with Crippen LogP contribution in [-0.2, 0) is 24.7 Å². The van der Waals surface area contributed by atoms with Crippen LogP contribution < -0.4 is 5.32 Å². The maximum absolute atomic E-state index is 13.2. The van der Waals surface area contributed by atoms with Gasteiger partial charge >= 0.3 is 0 Å². The van der Waals surface area contributed by atoms with Gasteiger partial charge in [0.25, 0.3) is 0 Å². The molecular formula is C17H19FN6O. The van der Waals surface area contributed by atoms with Gasteiger partial charge in [0.05, 0.1) is 12.1 Å². The highest BCUT2D eigenvalue weighted by Gasteiger charge is 2.15. The Bertz CT molecular complexity index is 914. The first-order valence-corrected chi connectivity index (χ1v) is 7.87. The third-order valence-corrected chi connectivity index (χ3v) is 4.04. The number of hydrogen-bond donors (Lipinski definition) is 2. The lowest BCUT2D eigenvalue weighted by atomic mass is 10.1. The van der Waals surface area contributed by atoms with Crippen molar-refractivity contribution < 1.29 is 9.18 Å². The molecule has 130 valence electrons. The SMILES string of the molecule is Cc1nn(C)c(C)c1CC(=O)Nc1n[nH]c(Cc2cccc(F)c2)n1. The van der Waals surface area contributed by atoms with Crippen molar-refractivity contribution in [3.8, 4) is 0 Å². The molecule has 2 aromatic heterocycles. The molecule has 1 amide bonds. The summed E-state index contributed by atoms with van der Waals surface area (Å²) in [7, 11) is 1.84. The number of aromatic nitrogens is 5. The second-order valence-corrected chi connectivity index (χ2v) is 5.91. The molecule has 0 atom stereocenters. The first-order chi connectivity index (χ1) is 11.9. The van der Waals surface area contributed by atoms with Crippen LogP contribution in [-0.4, -0.2) is 30.9 Å². The van der Waals surface area contributed by atoms with E-state index in [4.69, 9.17) is 0 Å². The van der Waals surface area contributed by atoms with Gasteiger partial charge in [0.1, 0.15) is 11.6 Å². The van der Waals surface area contributed by atoms with Crippen molar-refractivity contribution >= 4 is 11.9 Å². The fraction of sp³-hybridized carbons (Fsp3) is 0.294. The van der Waals surface area contributed by atoms with E-state index in [0.717, 1.165) is 22.5 Å². The molecule has 3 rings (SSSR count). The second kappa shape index (κ2) is 6.84. The van der Waals surface area contributed by atoms with E-state index in [0.29, 0.717) is 12.2 Å². The molecule has 8 heteroatoms. The van der Waals surface area contributed by atoms with E-state index >= 15 is 0 Å². The predicted molar refractivity (Wildman–Crippen MR) is 90.6 cm³/mol. The number of carbonyl (C=O) groups is 1. The van der Waals surface area contributed by atoms with Crippen LogP contribution in [0.3, 0.4) is 0 Å². The summed E-state index contributed by atoms with van der Waals surface area (Å²) in [5.74, 6) is 0.244. The standard InChI is InChI=1S/C17H19FN6O/c1-10-14(11(2)24(3)23-10)9-16(25)20-17-19-15(21-22-17)8-12-5-4-6-13(18)7-12/h4-7H,8-9H2,1-3H3,(H2,19,20,21,22,25). The summed E-state index contributed by atoms with van der Waals surface area (Å²) >= 11 is 0. The van der Waals surface area contributed by atoms with Gasteiger partial charge in [0.15, 0.2) is 0 Å². The molecule has 0 saturated heterocycles. The molecule has 0 bridgehead atoms. The fourth-order valence-electron chi connectivity index (χ4n) is 2.67. The minimum absolute atomic E-state index is 0.204. The van der Waals surface area contributed by atoms with Gasteiger partial charge in [-0.05, 0) is 31.5 Å². The largest absolute Gasteiger partial charge is 0.293 e. The second-order valence-electron chi connectivity index (χ2n) is 5.91. The average molecular weight is 342 g/mol. The van der Waals surface area contributed by atoms with E-state index in [-0.39, 0.29) is 24.1 Å². The normalized spacial score (nSPS) is 10.9. The number of H-pyrrole nitrogens is 1. The van der Waals surface area contributed by atoms with Gasteiger partial charge in [-0.3, -0.25) is 19.9 Å². The van der Waals surface area contributed by atoms with Gasteiger partial charge in [0, 0.05) is 24.7 Å². The van der Waals surface area contributed by atoms with Crippen LogP contribution in [0.15, 0.2) is 24.3 Å². The average Bonchev–Trinajstić information content (AvgIpc) is 3.07. The highest BCUT2D eigenvalue weighted by atomic mass is 19.1. The van der Waals surface area contributed by atoms with Crippen molar-refractivity contribution in [2.75, 3.05) is 5.32 Å². The fourth-order valence-corrected chi connectivity index (χ4v) is 2.67. The molecular weight excluding hydrogens is 323 g/mol. The zero-order valence-corrected chi connectivity index (χ0v) is 14.3. The predicted octanol–water partition coefficient (Wildman–Crippen LogP) is 2.07. The third-order valence-electron chi connectivity index (χ3n) is 4.04. The molecule has 0 fully saturated rings. The Morgan fingerprint density at radius 2 is 2.16 bits per heavy atom. The van der Waals surface area contributed by atoms with E-state index in [1.807, 2.05) is 20.9 Å². The van der Waals surface area contributed by atoms with Gasteiger partial charge in [0.2, 0.25) is 11.9 Å². The van der Waals surface area contributed by atoms with Crippen molar-refractivity contribution in [2.24, 2.45) is 7.05 Å². The van der Waals surface area contributed by atoms with Crippen molar-refractivity contribution in [1.29, 1.82) is 0 Å². The van der Waals surface area contributed by atoms with E-state index in [1.165, 1.54) is 12.1 Å². The highest BCUT2D eigenvalue weighted by molar-refractivity contribution is 5.90. The molecule has 25 heavy (non-hydrogen) atoms. The lowest BCUT2D eigenvalue weighted by molar-refractivity contribution is -0.115. The number of benzene rings is 1. The van der Waals surface area contributed by atoms with Crippen LogP contribution >= 0.6 is 0 Å². The number of rotatable bonds is 5. The first-order valence-electron chi connectivity index (χ1n) is 7.87. The Morgan fingerprint density at radius 3 is 2.84 bits per heavy atom. The summed E-state index contributed by atoms with van der Waals surface area (Å²) in [6, 6.07) is 6.27.